The van der Waals surface area contributed by atoms with Gasteiger partial charge < -0.3 is 10.5 Å². The Kier molecular flexibility index (Phi) is 3.08. The van der Waals surface area contributed by atoms with E-state index in [4.69, 9.17) is 15.7 Å². The van der Waals surface area contributed by atoms with Gasteiger partial charge in [-0.3, -0.25) is 4.79 Å². The minimum atomic E-state index is -0.732. The van der Waals surface area contributed by atoms with Crippen molar-refractivity contribution in [2.75, 3.05) is 0 Å². The summed E-state index contributed by atoms with van der Waals surface area (Å²) < 4.78 is 5.20. The second-order valence-electron chi connectivity index (χ2n) is 2.77. The van der Waals surface area contributed by atoms with Crippen LogP contribution in [0.15, 0.2) is 24.3 Å². The minimum Gasteiger partial charge on any atom is -0.480 e. The van der Waals surface area contributed by atoms with Gasteiger partial charge in [0.1, 0.15) is 11.8 Å². The van der Waals surface area contributed by atoms with Gasteiger partial charge in [0.05, 0.1) is 5.56 Å². The number of nitrogens with two attached hydrogens (primary N) is 1. The Morgan fingerprint density at radius 1 is 1.57 bits per heavy atom. The Bertz CT molecular complexity index is 382. The average Bonchev–Trinajstić information content (AvgIpc) is 2.18. The summed E-state index contributed by atoms with van der Waals surface area (Å²) >= 11 is 0. The Labute approximate surface area is 81.9 Å². The molecule has 0 fully saturated rings. The summed E-state index contributed by atoms with van der Waals surface area (Å²) in [6, 6.07) is 8.65. The molecule has 0 saturated carbocycles. The average molecular weight is 190 g/mol. The van der Waals surface area contributed by atoms with Crippen LogP contribution in [0.4, 0.5) is 0 Å². The van der Waals surface area contributed by atoms with Crippen LogP contribution in [0.5, 0.6) is 5.75 Å². The van der Waals surface area contributed by atoms with E-state index in [0.717, 1.165) is 0 Å². The third-order valence-electron chi connectivity index (χ3n) is 1.71. The third kappa shape index (κ3) is 2.23. The second-order valence-corrected chi connectivity index (χ2v) is 2.77. The lowest BCUT2D eigenvalue weighted by Crippen LogP contribution is -2.30. The molecule has 0 spiro atoms. The molecule has 0 saturated heterocycles. The first-order valence-corrected chi connectivity index (χ1v) is 4.10. The molecule has 72 valence electrons. The SMILES string of the molecule is C[C@@H](Oc1ccccc1C#N)C(N)=O. The fourth-order valence-electron chi connectivity index (χ4n) is 0.910. The lowest BCUT2D eigenvalue weighted by molar-refractivity contribution is -0.123. The molecule has 14 heavy (non-hydrogen) atoms. The highest BCUT2D eigenvalue weighted by molar-refractivity contribution is 5.78. The van der Waals surface area contributed by atoms with E-state index in [9.17, 15) is 4.79 Å². The highest BCUT2D eigenvalue weighted by Crippen LogP contribution is 2.17. The van der Waals surface area contributed by atoms with E-state index < -0.39 is 12.0 Å². The topological polar surface area (TPSA) is 76.1 Å². The summed E-state index contributed by atoms with van der Waals surface area (Å²) in [7, 11) is 0. The molecule has 0 unspecified atom stereocenters. The number of carbonyl (C=O) groups excluding carboxylic acids is 1. The summed E-state index contributed by atoms with van der Waals surface area (Å²) in [5, 5.41) is 8.72. The Morgan fingerprint density at radius 3 is 2.79 bits per heavy atom. The molecule has 0 aliphatic heterocycles. The van der Waals surface area contributed by atoms with E-state index in [1.807, 2.05) is 6.07 Å². The molecule has 1 aromatic carbocycles. The third-order valence-corrected chi connectivity index (χ3v) is 1.71. The lowest BCUT2D eigenvalue weighted by atomic mass is 10.2. The zero-order valence-corrected chi connectivity index (χ0v) is 7.73. The maximum Gasteiger partial charge on any atom is 0.258 e. The maximum atomic E-state index is 10.7. The molecule has 1 amide bonds. The van der Waals surface area contributed by atoms with Crippen molar-refractivity contribution in [2.24, 2.45) is 5.73 Å². The first kappa shape index (κ1) is 10.1. The predicted octanol–water partition coefficient (Wildman–Crippen LogP) is 0.811. The fourth-order valence-corrected chi connectivity index (χ4v) is 0.910. The van der Waals surface area contributed by atoms with Crippen molar-refractivity contribution in [3.05, 3.63) is 29.8 Å². The van der Waals surface area contributed by atoms with Crippen LogP contribution in [0.3, 0.4) is 0 Å². The molecule has 0 aliphatic carbocycles. The first-order valence-electron chi connectivity index (χ1n) is 4.10. The van der Waals surface area contributed by atoms with Crippen LogP contribution < -0.4 is 10.5 Å². The Hall–Kier alpha value is -2.02. The summed E-state index contributed by atoms with van der Waals surface area (Å²) in [5.74, 6) is -0.181. The van der Waals surface area contributed by atoms with Gasteiger partial charge in [-0.2, -0.15) is 5.26 Å². The quantitative estimate of drug-likeness (QED) is 0.766. The van der Waals surface area contributed by atoms with Crippen molar-refractivity contribution < 1.29 is 9.53 Å². The number of para-hydroxylation sites is 1. The zero-order valence-electron chi connectivity index (χ0n) is 7.73. The first-order chi connectivity index (χ1) is 6.65. The molecule has 1 rings (SSSR count). The van der Waals surface area contributed by atoms with Crippen LogP contribution in [0.2, 0.25) is 0 Å². The molecule has 2 N–H and O–H groups in total. The van der Waals surface area contributed by atoms with Gasteiger partial charge >= 0.3 is 0 Å². The largest absolute Gasteiger partial charge is 0.480 e. The molecular formula is C10H10N2O2. The van der Waals surface area contributed by atoms with Crippen molar-refractivity contribution in [3.8, 4) is 11.8 Å². The van der Waals surface area contributed by atoms with Crippen LogP contribution in [0.1, 0.15) is 12.5 Å². The molecule has 4 heteroatoms. The number of hydrogen-bond donors (Lipinski definition) is 1. The maximum absolute atomic E-state index is 10.7. The standard InChI is InChI=1S/C10H10N2O2/c1-7(10(12)13)14-9-5-3-2-4-8(9)6-11/h2-5,7H,1H3,(H2,12,13)/t7-/m1/s1. The van der Waals surface area contributed by atoms with Gasteiger partial charge in [0, 0.05) is 0 Å². The van der Waals surface area contributed by atoms with Crippen molar-refractivity contribution >= 4 is 5.91 Å². The number of nitrogens with zero attached hydrogens (tertiary/aromatic N) is 1. The van der Waals surface area contributed by atoms with Gasteiger partial charge in [0.15, 0.2) is 6.10 Å². The second kappa shape index (κ2) is 4.28. The summed E-state index contributed by atoms with van der Waals surface area (Å²) in [6.45, 7) is 1.54. The van der Waals surface area contributed by atoms with Gasteiger partial charge in [0.25, 0.3) is 5.91 Å². The van der Waals surface area contributed by atoms with Crippen molar-refractivity contribution in [2.45, 2.75) is 13.0 Å². The van der Waals surface area contributed by atoms with Gasteiger partial charge in [-0.05, 0) is 19.1 Å². The summed E-state index contributed by atoms with van der Waals surface area (Å²) in [5.41, 5.74) is 5.42. The number of hydrogen-bond acceptors (Lipinski definition) is 3. The van der Waals surface area contributed by atoms with E-state index in [1.54, 1.807) is 24.3 Å². The zero-order chi connectivity index (χ0) is 10.6. The van der Waals surface area contributed by atoms with Gasteiger partial charge in [-0.25, -0.2) is 0 Å². The molecule has 0 aliphatic rings. The summed E-state index contributed by atoms with van der Waals surface area (Å²) in [4.78, 5) is 10.7. The molecule has 0 bridgehead atoms. The number of ether oxygens (including phenoxy) is 1. The number of amides is 1. The van der Waals surface area contributed by atoms with Crippen LogP contribution in [-0.4, -0.2) is 12.0 Å². The predicted molar refractivity (Wildman–Crippen MR) is 50.4 cm³/mol. The van der Waals surface area contributed by atoms with Crippen molar-refractivity contribution in [1.82, 2.24) is 0 Å². The lowest BCUT2D eigenvalue weighted by Gasteiger charge is -2.11. The molecule has 1 aromatic rings. The Balaban J connectivity index is 2.87. The molecule has 4 nitrogen and oxygen atoms in total. The minimum absolute atomic E-state index is 0.376. The van der Waals surface area contributed by atoms with Gasteiger partial charge in [-0.15, -0.1) is 0 Å². The normalized spacial score (nSPS) is 11.4. The molecular weight excluding hydrogens is 180 g/mol. The highest BCUT2D eigenvalue weighted by Gasteiger charge is 2.12. The molecule has 0 aromatic heterocycles. The van der Waals surface area contributed by atoms with Crippen LogP contribution >= 0.6 is 0 Å². The molecule has 1 atom stereocenters. The monoisotopic (exact) mass is 190 g/mol. The van der Waals surface area contributed by atoms with E-state index in [-0.39, 0.29) is 0 Å². The molecule has 0 heterocycles. The number of nitriles is 1. The smallest absolute Gasteiger partial charge is 0.258 e. The van der Waals surface area contributed by atoms with Crippen molar-refractivity contribution in [3.63, 3.8) is 0 Å². The van der Waals surface area contributed by atoms with Gasteiger partial charge in [0.2, 0.25) is 0 Å². The van der Waals surface area contributed by atoms with Gasteiger partial charge in [-0.1, -0.05) is 12.1 Å². The number of carbonyl (C=O) groups is 1. The Morgan fingerprint density at radius 2 is 2.21 bits per heavy atom. The number of primary amides is 1. The summed E-state index contributed by atoms with van der Waals surface area (Å²) in [6.07, 6.45) is -0.732. The van der Waals surface area contributed by atoms with Crippen LogP contribution in [0.25, 0.3) is 0 Å². The van der Waals surface area contributed by atoms with Crippen LogP contribution in [-0.2, 0) is 4.79 Å². The number of benzene rings is 1. The van der Waals surface area contributed by atoms with Crippen LogP contribution in [0, 0.1) is 11.3 Å². The van der Waals surface area contributed by atoms with E-state index in [1.165, 1.54) is 6.92 Å². The van der Waals surface area contributed by atoms with E-state index in [2.05, 4.69) is 0 Å². The number of rotatable bonds is 3. The molecule has 0 radical (unpaired) electrons. The fraction of sp³-hybridized carbons (Fsp3) is 0.200. The van der Waals surface area contributed by atoms with Crippen molar-refractivity contribution in [1.29, 1.82) is 5.26 Å². The highest BCUT2D eigenvalue weighted by atomic mass is 16.5. The van der Waals surface area contributed by atoms with E-state index in [0.29, 0.717) is 11.3 Å². The van der Waals surface area contributed by atoms with E-state index >= 15 is 0 Å².